The van der Waals surface area contributed by atoms with E-state index in [1.54, 1.807) is 7.11 Å². The number of methoxy groups -OCH3 is 1. The second kappa shape index (κ2) is 12.9. The van der Waals surface area contributed by atoms with Crippen molar-refractivity contribution in [1.29, 1.82) is 0 Å². The summed E-state index contributed by atoms with van der Waals surface area (Å²) in [6.45, 7) is 7.50. The first-order chi connectivity index (χ1) is 20.9. The molecule has 4 heterocycles. The third-order valence-electron chi connectivity index (χ3n) is 9.10. The van der Waals surface area contributed by atoms with Crippen molar-refractivity contribution in [3.8, 4) is 6.01 Å². The molecule has 3 aliphatic rings. The van der Waals surface area contributed by atoms with Crippen LogP contribution in [0.5, 0.6) is 6.01 Å². The lowest BCUT2D eigenvalue weighted by Crippen LogP contribution is -2.49. The van der Waals surface area contributed by atoms with Crippen LogP contribution in [0.4, 0.5) is 11.5 Å². The predicted molar refractivity (Wildman–Crippen MR) is 168 cm³/mol. The fourth-order valence-electron chi connectivity index (χ4n) is 6.65. The number of anilines is 2. The van der Waals surface area contributed by atoms with Gasteiger partial charge in [-0.15, -0.1) is 0 Å². The van der Waals surface area contributed by atoms with Gasteiger partial charge in [0.1, 0.15) is 12.4 Å². The Kier molecular flexibility index (Phi) is 8.78. The van der Waals surface area contributed by atoms with E-state index < -0.39 is 0 Å². The van der Waals surface area contributed by atoms with Gasteiger partial charge in [0.05, 0.1) is 24.9 Å². The minimum Gasteiger partial charge on any atom is -0.462 e. The minimum atomic E-state index is -0.139. The van der Waals surface area contributed by atoms with Gasteiger partial charge in [-0.2, -0.15) is 9.97 Å². The minimum absolute atomic E-state index is 0.0708. The number of aliphatic hydroxyl groups is 1. The van der Waals surface area contributed by atoms with Gasteiger partial charge in [0, 0.05) is 75.1 Å². The first-order valence-corrected chi connectivity index (χ1v) is 15.2. The topological polar surface area (TPSA) is 94.5 Å². The number of aromatic nitrogens is 2. The molecule has 43 heavy (non-hydrogen) atoms. The lowest BCUT2D eigenvalue weighted by Gasteiger charge is -2.38. The highest BCUT2D eigenvalue weighted by molar-refractivity contribution is 5.97. The Morgan fingerprint density at radius 2 is 1.86 bits per heavy atom. The number of ether oxygens (including phenoxy) is 2. The van der Waals surface area contributed by atoms with E-state index in [0.717, 1.165) is 43.0 Å². The number of likely N-dealkylation sites (N-methyl/N-ethyl adjacent to an activating group) is 1. The molecule has 6 rings (SSSR count). The van der Waals surface area contributed by atoms with E-state index in [4.69, 9.17) is 24.5 Å². The molecule has 0 aliphatic carbocycles. The molecule has 0 unspecified atom stereocenters. The lowest BCUT2D eigenvalue weighted by molar-refractivity contribution is -0.126. The lowest BCUT2D eigenvalue weighted by atomic mass is 9.99. The van der Waals surface area contributed by atoms with Crippen molar-refractivity contribution in [1.82, 2.24) is 19.8 Å². The molecule has 10 nitrogen and oxygen atoms in total. The van der Waals surface area contributed by atoms with Crippen molar-refractivity contribution in [2.75, 3.05) is 76.4 Å². The van der Waals surface area contributed by atoms with Gasteiger partial charge < -0.3 is 29.3 Å². The van der Waals surface area contributed by atoms with E-state index in [9.17, 15) is 4.79 Å². The van der Waals surface area contributed by atoms with Gasteiger partial charge in [0.2, 0.25) is 5.91 Å². The Balaban J connectivity index is 1.28. The van der Waals surface area contributed by atoms with E-state index in [1.807, 2.05) is 4.90 Å². The molecule has 1 aromatic heterocycles. The fraction of sp³-hybridized carbons (Fsp3) is 0.485. The van der Waals surface area contributed by atoms with Crippen LogP contribution in [0.2, 0.25) is 0 Å². The Labute approximate surface area is 253 Å². The zero-order valence-corrected chi connectivity index (χ0v) is 25.4. The van der Waals surface area contributed by atoms with Gasteiger partial charge in [0.25, 0.3) is 0 Å². The second-order valence-electron chi connectivity index (χ2n) is 11.8. The van der Waals surface area contributed by atoms with E-state index in [0.29, 0.717) is 45.3 Å². The number of aryl methyl sites for hydroxylation is 1. The maximum atomic E-state index is 12.5. The highest BCUT2D eigenvalue weighted by Gasteiger charge is 2.32. The summed E-state index contributed by atoms with van der Waals surface area (Å²) in [5.41, 5.74) is 4.65. The normalized spacial score (nSPS) is 21.2. The third-order valence-corrected chi connectivity index (χ3v) is 9.10. The number of fused-ring (bicyclic) bond motifs is 2. The van der Waals surface area contributed by atoms with E-state index >= 15 is 0 Å². The van der Waals surface area contributed by atoms with Crippen LogP contribution in [-0.4, -0.2) is 110 Å². The molecule has 3 aromatic rings. The Bertz CT molecular complexity index is 1480. The fourth-order valence-corrected chi connectivity index (χ4v) is 6.65. The molecule has 228 valence electrons. The van der Waals surface area contributed by atoms with Crippen molar-refractivity contribution in [2.45, 2.75) is 38.5 Å². The number of carbonyl (C=O) groups excluding carboxylic acids is 1. The quantitative estimate of drug-likeness (QED) is 0.400. The largest absolute Gasteiger partial charge is 0.462 e. The van der Waals surface area contributed by atoms with Crippen LogP contribution in [-0.2, 0) is 22.5 Å². The molecule has 2 aromatic carbocycles. The summed E-state index contributed by atoms with van der Waals surface area (Å²) < 4.78 is 11.9. The number of hydrogen-bond donors (Lipinski definition) is 1. The van der Waals surface area contributed by atoms with Gasteiger partial charge in [0.15, 0.2) is 0 Å². The van der Waals surface area contributed by atoms with Crippen molar-refractivity contribution >= 4 is 28.2 Å². The summed E-state index contributed by atoms with van der Waals surface area (Å²) in [7, 11) is 3.87. The molecule has 0 bridgehead atoms. The number of benzene rings is 2. The summed E-state index contributed by atoms with van der Waals surface area (Å²) in [6.07, 6.45) is 4.89. The van der Waals surface area contributed by atoms with Crippen molar-refractivity contribution in [3.05, 3.63) is 65.4 Å². The van der Waals surface area contributed by atoms with Crippen LogP contribution >= 0.6 is 0 Å². The van der Waals surface area contributed by atoms with E-state index in [1.165, 1.54) is 34.2 Å². The van der Waals surface area contributed by atoms with Crippen LogP contribution in [0.3, 0.4) is 0 Å². The Morgan fingerprint density at radius 1 is 1.07 bits per heavy atom. The smallest absolute Gasteiger partial charge is 0.318 e. The summed E-state index contributed by atoms with van der Waals surface area (Å²) in [4.78, 5) is 31.3. The number of likely N-dealkylation sites (tertiary alicyclic amines) is 1. The van der Waals surface area contributed by atoms with Crippen LogP contribution in [0.15, 0.2) is 48.6 Å². The molecule has 0 saturated carbocycles. The Morgan fingerprint density at radius 3 is 2.60 bits per heavy atom. The predicted octanol–water partition coefficient (Wildman–Crippen LogP) is 2.80. The molecule has 0 spiro atoms. The number of aliphatic hydroxyl groups excluding tert-OH is 1. The highest BCUT2D eigenvalue weighted by Crippen LogP contribution is 2.35. The number of piperazine rings is 1. The summed E-state index contributed by atoms with van der Waals surface area (Å²) >= 11 is 0. The monoisotopic (exact) mass is 586 g/mol. The molecule has 0 radical (unpaired) electrons. The zero-order valence-electron chi connectivity index (χ0n) is 25.4. The third kappa shape index (κ3) is 6.18. The summed E-state index contributed by atoms with van der Waals surface area (Å²) in [6, 6.07) is 13.6. The zero-order chi connectivity index (χ0) is 29.9. The SMILES string of the molecule is CO[C@@H]1C[C@H](COc2nc3c(c(N4CCN(C(=O)/C=C/CO)CC4)n2)CCN(c2cccc4cccc(C)c24)C3)N(C)C1. The highest BCUT2D eigenvalue weighted by atomic mass is 16.5. The van der Waals surface area contributed by atoms with E-state index in [-0.39, 0.29) is 24.7 Å². The maximum Gasteiger partial charge on any atom is 0.318 e. The molecular formula is C33H42N6O4. The first kappa shape index (κ1) is 29.3. The summed E-state index contributed by atoms with van der Waals surface area (Å²) in [5.74, 6) is 0.847. The van der Waals surface area contributed by atoms with Crippen molar-refractivity contribution < 1.29 is 19.4 Å². The van der Waals surface area contributed by atoms with Crippen molar-refractivity contribution in [2.24, 2.45) is 0 Å². The average molecular weight is 587 g/mol. The van der Waals surface area contributed by atoms with Crippen LogP contribution in [0.25, 0.3) is 10.8 Å². The molecular weight excluding hydrogens is 544 g/mol. The molecule has 1 N–H and O–H groups in total. The standard InChI is InChI=1S/C33H42N6O4/c1-23-7-4-8-24-9-5-10-29(31(23)24)39-13-12-27-28(21-39)34-33(43-22-25-19-26(42-3)20-36(25)2)35-32(27)38-16-14-37(15-17-38)30(41)11-6-18-40/h4-11,25-26,40H,12-22H2,1-3H3/b11-6+/t25-,26-/m1/s1. The van der Waals surface area contributed by atoms with Crippen LogP contribution < -0.4 is 14.5 Å². The molecule has 2 saturated heterocycles. The van der Waals surface area contributed by atoms with Gasteiger partial charge in [-0.25, -0.2) is 0 Å². The average Bonchev–Trinajstić information content (AvgIpc) is 3.41. The first-order valence-electron chi connectivity index (χ1n) is 15.2. The van der Waals surface area contributed by atoms with Gasteiger partial charge >= 0.3 is 6.01 Å². The number of nitrogens with zero attached hydrogens (tertiary/aromatic N) is 6. The second-order valence-corrected chi connectivity index (χ2v) is 11.8. The maximum absolute atomic E-state index is 12.5. The number of carbonyl (C=O) groups is 1. The number of amides is 1. The van der Waals surface area contributed by atoms with Crippen molar-refractivity contribution in [3.63, 3.8) is 0 Å². The van der Waals surface area contributed by atoms with Gasteiger partial charge in [-0.1, -0.05) is 36.4 Å². The van der Waals surface area contributed by atoms with Crippen LogP contribution in [0.1, 0.15) is 23.2 Å². The number of rotatable bonds is 8. The molecule has 2 atom stereocenters. The number of hydrogen-bond acceptors (Lipinski definition) is 9. The molecule has 2 fully saturated rings. The molecule has 1 amide bonds. The van der Waals surface area contributed by atoms with Gasteiger partial charge in [-0.3, -0.25) is 9.69 Å². The molecule has 10 heteroatoms. The van der Waals surface area contributed by atoms with Gasteiger partial charge in [-0.05, 0) is 43.8 Å². The van der Waals surface area contributed by atoms with E-state index in [2.05, 4.69) is 65.1 Å². The van der Waals surface area contributed by atoms with Crippen LogP contribution in [0, 0.1) is 6.92 Å². The molecule has 3 aliphatic heterocycles. The summed E-state index contributed by atoms with van der Waals surface area (Å²) in [5, 5.41) is 11.6. The Hall–Kier alpha value is -3.73.